The van der Waals surface area contributed by atoms with E-state index in [1.165, 1.54) is 12.1 Å². The monoisotopic (exact) mass is 549 g/mol. The first-order chi connectivity index (χ1) is 18.5. The molecule has 202 valence electrons. The fourth-order valence-electron chi connectivity index (χ4n) is 5.02. The number of aromatic nitrogens is 4. The fraction of sp³-hybridized carbons (Fsp3) is 0.286. The molecule has 9 nitrogen and oxygen atoms in total. The molecule has 2 N–H and O–H groups in total. The van der Waals surface area contributed by atoms with E-state index in [1.807, 2.05) is 25.4 Å². The summed E-state index contributed by atoms with van der Waals surface area (Å²) in [5.41, 5.74) is 6.57. The number of nitrogens with zero attached hydrogens (tertiary/aromatic N) is 5. The van der Waals surface area contributed by atoms with Crippen LogP contribution in [0.1, 0.15) is 27.2 Å². The third-order valence-electron chi connectivity index (χ3n) is 6.94. The van der Waals surface area contributed by atoms with Crippen LogP contribution in [0.15, 0.2) is 54.7 Å². The molecule has 0 bridgehead atoms. The minimum absolute atomic E-state index is 0. The van der Waals surface area contributed by atoms with Gasteiger partial charge in [-0.2, -0.15) is 5.10 Å². The van der Waals surface area contributed by atoms with Crippen molar-refractivity contribution in [2.75, 3.05) is 36.5 Å². The van der Waals surface area contributed by atoms with E-state index < -0.39 is 0 Å². The molecule has 1 amide bonds. The second kappa shape index (κ2) is 11.4. The lowest BCUT2D eigenvalue weighted by Crippen LogP contribution is -2.36. The van der Waals surface area contributed by atoms with Crippen LogP contribution in [0.2, 0.25) is 0 Å². The van der Waals surface area contributed by atoms with Gasteiger partial charge in [-0.15, -0.1) is 12.4 Å². The van der Waals surface area contributed by atoms with Crippen molar-refractivity contribution in [1.82, 2.24) is 25.1 Å². The summed E-state index contributed by atoms with van der Waals surface area (Å²) in [5, 5.41) is 10.7. The number of amides is 1. The van der Waals surface area contributed by atoms with Crippen LogP contribution in [-0.2, 0) is 31.2 Å². The van der Waals surface area contributed by atoms with Crippen LogP contribution in [0.25, 0.3) is 11.4 Å². The molecule has 39 heavy (non-hydrogen) atoms. The summed E-state index contributed by atoms with van der Waals surface area (Å²) in [4.78, 5) is 24.7. The highest BCUT2D eigenvalue weighted by atomic mass is 35.5. The van der Waals surface area contributed by atoms with E-state index in [2.05, 4.69) is 37.7 Å². The predicted octanol–water partition coefficient (Wildman–Crippen LogP) is 4.05. The van der Waals surface area contributed by atoms with E-state index in [4.69, 9.17) is 9.72 Å². The fourth-order valence-corrected chi connectivity index (χ4v) is 5.02. The van der Waals surface area contributed by atoms with Gasteiger partial charge in [-0.1, -0.05) is 12.1 Å². The summed E-state index contributed by atoms with van der Waals surface area (Å²) in [6, 6.07) is 14.4. The van der Waals surface area contributed by atoms with Crippen molar-refractivity contribution < 1.29 is 13.9 Å². The number of nitrogens with one attached hydrogen (secondary N) is 2. The van der Waals surface area contributed by atoms with Crippen molar-refractivity contribution in [3.63, 3.8) is 0 Å². The van der Waals surface area contributed by atoms with Gasteiger partial charge in [-0.25, -0.2) is 14.4 Å². The van der Waals surface area contributed by atoms with Crippen molar-refractivity contribution in [3.05, 3.63) is 82.9 Å². The van der Waals surface area contributed by atoms with Gasteiger partial charge >= 0.3 is 0 Å². The van der Waals surface area contributed by atoms with Crippen LogP contribution in [-0.4, -0.2) is 52.0 Å². The zero-order valence-corrected chi connectivity index (χ0v) is 22.3. The average molecular weight is 550 g/mol. The van der Waals surface area contributed by atoms with Gasteiger partial charge in [0, 0.05) is 49.8 Å². The Hall–Kier alpha value is -4.02. The number of carbonyl (C=O) groups is 1. The summed E-state index contributed by atoms with van der Waals surface area (Å²) in [6.45, 7) is 3.49. The third-order valence-corrected chi connectivity index (χ3v) is 6.94. The number of aryl methyl sites for hydroxylation is 2. The van der Waals surface area contributed by atoms with E-state index in [-0.39, 0.29) is 30.7 Å². The van der Waals surface area contributed by atoms with E-state index in [1.54, 1.807) is 16.8 Å². The van der Waals surface area contributed by atoms with Gasteiger partial charge in [0.05, 0.1) is 24.6 Å². The Morgan fingerprint density at radius 1 is 1.10 bits per heavy atom. The number of halogens is 2. The second-order valence-electron chi connectivity index (χ2n) is 9.45. The highest BCUT2D eigenvalue weighted by molar-refractivity contribution is 5.96. The lowest BCUT2D eigenvalue weighted by atomic mass is 9.93. The third kappa shape index (κ3) is 5.57. The molecular formula is C28H29ClFN7O2. The Morgan fingerprint density at radius 3 is 2.67 bits per heavy atom. The molecule has 1 aliphatic heterocycles. The van der Waals surface area contributed by atoms with Crippen molar-refractivity contribution >= 4 is 35.6 Å². The van der Waals surface area contributed by atoms with E-state index >= 15 is 0 Å². The number of rotatable bonds is 6. The molecule has 0 atom stereocenters. The first-order valence-corrected chi connectivity index (χ1v) is 12.7. The van der Waals surface area contributed by atoms with Gasteiger partial charge in [-0.3, -0.25) is 9.48 Å². The number of benzene rings is 2. The molecule has 1 aliphatic carbocycles. The SMILES string of the molecule is Cl.Cn1nc(C(=O)NCc2cccc(F)c2)c2c1-c1nc(Nc3ccc(N4CCOCC4)cc3)ncc1CC2. The van der Waals surface area contributed by atoms with Crippen molar-refractivity contribution in [2.45, 2.75) is 19.4 Å². The molecule has 1 saturated heterocycles. The van der Waals surface area contributed by atoms with E-state index in [9.17, 15) is 9.18 Å². The summed E-state index contributed by atoms with van der Waals surface area (Å²) in [5.74, 6) is -0.142. The molecule has 0 saturated carbocycles. The molecule has 4 aromatic rings. The molecule has 2 aromatic heterocycles. The molecule has 1 fully saturated rings. The van der Waals surface area contributed by atoms with Crippen LogP contribution in [0.3, 0.4) is 0 Å². The van der Waals surface area contributed by atoms with Crippen LogP contribution in [0, 0.1) is 5.82 Å². The van der Waals surface area contributed by atoms with Gasteiger partial charge in [-0.05, 0) is 60.4 Å². The van der Waals surface area contributed by atoms with E-state index in [0.29, 0.717) is 30.0 Å². The summed E-state index contributed by atoms with van der Waals surface area (Å²) < 4.78 is 20.6. The molecule has 3 heterocycles. The highest BCUT2D eigenvalue weighted by Crippen LogP contribution is 2.34. The summed E-state index contributed by atoms with van der Waals surface area (Å²) >= 11 is 0. The molecule has 2 aromatic carbocycles. The Morgan fingerprint density at radius 2 is 1.90 bits per heavy atom. The molecule has 0 spiro atoms. The number of carbonyl (C=O) groups excluding carboxylic acids is 1. The molecule has 0 radical (unpaired) electrons. The van der Waals surface area contributed by atoms with E-state index in [0.717, 1.165) is 60.2 Å². The maximum atomic E-state index is 13.5. The normalized spacial score (nSPS) is 14.2. The van der Waals surface area contributed by atoms with Crippen molar-refractivity contribution in [1.29, 1.82) is 0 Å². The Balaban J connectivity index is 0.00000308. The number of hydrogen-bond donors (Lipinski definition) is 2. The average Bonchev–Trinajstić information content (AvgIpc) is 3.29. The Labute approximate surface area is 231 Å². The lowest BCUT2D eigenvalue weighted by Gasteiger charge is -2.28. The first-order valence-electron chi connectivity index (χ1n) is 12.7. The lowest BCUT2D eigenvalue weighted by molar-refractivity contribution is 0.0944. The standard InChI is InChI=1S/C28H28FN7O2.ClH/c1-35-26-23(25(34-35)27(37)30-16-18-3-2-4-20(29)15-18)10-5-19-17-31-28(33-24(19)26)32-21-6-8-22(9-7-21)36-11-13-38-14-12-36;/h2-4,6-9,15,17H,5,10-14,16H2,1H3,(H,30,37)(H,31,32,33);1H. The molecule has 6 rings (SSSR count). The largest absolute Gasteiger partial charge is 0.378 e. The highest BCUT2D eigenvalue weighted by Gasteiger charge is 2.29. The van der Waals surface area contributed by atoms with Gasteiger partial charge in [0.1, 0.15) is 5.82 Å². The van der Waals surface area contributed by atoms with Crippen molar-refractivity contribution in [2.24, 2.45) is 7.05 Å². The molecule has 11 heteroatoms. The number of fused-ring (bicyclic) bond motifs is 3. The van der Waals surface area contributed by atoms with Crippen LogP contribution < -0.4 is 15.5 Å². The zero-order chi connectivity index (χ0) is 26.1. The number of ether oxygens (including phenoxy) is 1. The van der Waals surface area contributed by atoms with Gasteiger partial charge < -0.3 is 20.3 Å². The van der Waals surface area contributed by atoms with Crippen LogP contribution >= 0.6 is 12.4 Å². The molecule has 0 unspecified atom stereocenters. The summed E-state index contributed by atoms with van der Waals surface area (Å²) in [7, 11) is 1.82. The zero-order valence-electron chi connectivity index (χ0n) is 21.5. The summed E-state index contributed by atoms with van der Waals surface area (Å²) in [6.07, 6.45) is 3.22. The number of anilines is 3. The number of morpholine rings is 1. The van der Waals surface area contributed by atoms with Crippen LogP contribution in [0.5, 0.6) is 0 Å². The van der Waals surface area contributed by atoms with Crippen LogP contribution in [0.4, 0.5) is 21.7 Å². The molecular weight excluding hydrogens is 521 g/mol. The first kappa shape index (κ1) is 26.6. The van der Waals surface area contributed by atoms with Gasteiger partial charge in [0.2, 0.25) is 5.95 Å². The smallest absolute Gasteiger partial charge is 0.272 e. The van der Waals surface area contributed by atoms with Gasteiger partial charge in [0.15, 0.2) is 5.69 Å². The predicted molar refractivity (Wildman–Crippen MR) is 149 cm³/mol. The maximum absolute atomic E-state index is 13.5. The Kier molecular flexibility index (Phi) is 7.76. The number of hydrogen-bond acceptors (Lipinski definition) is 7. The minimum Gasteiger partial charge on any atom is -0.378 e. The maximum Gasteiger partial charge on any atom is 0.272 e. The van der Waals surface area contributed by atoms with Gasteiger partial charge in [0.25, 0.3) is 5.91 Å². The minimum atomic E-state index is -0.333. The Bertz CT molecular complexity index is 1490. The quantitative estimate of drug-likeness (QED) is 0.374. The topological polar surface area (TPSA) is 97.2 Å². The molecule has 2 aliphatic rings. The second-order valence-corrected chi connectivity index (χ2v) is 9.45. The van der Waals surface area contributed by atoms with Crippen molar-refractivity contribution in [3.8, 4) is 11.4 Å².